The number of piperidine rings is 1. The first-order chi connectivity index (χ1) is 13.7. The third-order valence-corrected chi connectivity index (χ3v) is 6.16. The van der Waals surface area contributed by atoms with E-state index in [-0.39, 0.29) is 16.9 Å². The SMILES string of the molecule is O=C(c1ccn[nH]1)N1CCC2(CCc3c2nc(-c2ccccc2)[nH]c3=O)CC1. The van der Waals surface area contributed by atoms with E-state index in [2.05, 4.69) is 15.2 Å². The summed E-state index contributed by atoms with van der Waals surface area (Å²) in [6.45, 7) is 1.32. The highest BCUT2D eigenvalue weighted by Gasteiger charge is 2.44. The largest absolute Gasteiger partial charge is 0.337 e. The minimum absolute atomic E-state index is 0.0191. The zero-order chi connectivity index (χ0) is 19.1. The van der Waals surface area contributed by atoms with Crippen molar-refractivity contribution in [1.82, 2.24) is 25.1 Å². The van der Waals surface area contributed by atoms with Crippen LogP contribution < -0.4 is 5.56 Å². The van der Waals surface area contributed by atoms with Gasteiger partial charge in [0.05, 0.1) is 5.69 Å². The molecule has 1 amide bonds. The third-order valence-electron chi connectivity index (χ3n) is 6.16. The number of fused-ring (bicyclic) bond motifs is 2. The lowest BCUT2D eigenvalue weighted by Gasteiger charge is -2.39. The molecule has 1 saturated heterocycles. The molecule has 1 fully saturated rings. The summed E-state index contributed by atoms with van der Waals surface area (Å²) < 4.78 is 0. The predicted octanol–water partition coefficient (Wildman–Crippen LogP) is 2.28. The number of hydrogen-bond donors (Lipinski definition) is 2. The quantitative estimate of drug-likeness (QED) is 0.718. The van der Waals surface area contributed by atoms with Gasteiger partial charge in [-0.3, -0.25) is 14.7 Å². The minimum atomic E-state index is -0.113. The van der Waals surface area contributed by atoms with Crippen molar-refractivity contribution in [2.75, 3.05) is 13.1 Å². The van der Waals surface area contributed by atoms with Crippen LogP contribution >= 0.6 is 0 Å². The molecule has 0 bridgehead atoms. The second-order valence-electron chi connectivity index (χ2n) is 7.65. The highest BCUT2D eigenvalue weighted by atomic mass is 16.2. The molecule has 2 aliphatic rings. The molecule has 2 aromatic heterocycles. The molecule has 0 atom stereocenters. The van der Waals surface area contributed by atoms with E-state index in [0.29, 0.717) is 24.6 Å². The summed E-state index contributed by atoms with van der Waals surface area (Å²) in [5.41, 5.74) is 3.03. The molecular formula is C21H21N5O2. The van der Waals surface area contributed by atoms with Crippen molar-refractivity contribution in [2.45, 2.75) is 31.1 Å². The normalized spacial score (nSPS) is 17.6. The molecule has 5 rings (SSSR count). The maximum atomic E-state index is 12.7. The van der Waals surface area contributed by atoms with Crippen LogP contribution in [0.4, 0.5) is 0 Å². The van der Waals surface area contributed by atoms with Gasteiger partial charge >= 0.3 is 0 Å². The fourth-order valence-electron chi connectivity index (χ4n) is 4.55. The number of aromatic amines is 2. The fraction of sp³-hybridized carbons (Fsp3) is 0.333. The maximum Gasteiger partial charge on any atom is 0.271 e. The van der Waals surface area contributed by atoms with Gasteiger partial charge in [-0.1, -0.05) is 30.3 Å². The van der Waals surface area contributed by atoms with Gasteiger partial charge in [-0.15, -0.1) is 0 Å². The molecule has 2 N–H and O–H groups in total. The number of aromatic nitrogens is 4. The lowest BCUT2D eigenvalue weighted by Crippen LogP contribution is -2.45. The Bertz CT molecular complexity index is 1060. The fourth-order valence-corrected chi connectivity index (χ4v) is 4.55. The van der Waals surface area contributed by atoms with E-state index < -0.39 is 0 Å². The highest BCUT2D eigenvalue weighted by molar-refractivity contribution is 5.92. The molecular weight excluding hydrogens is 354 g/mol. The van der Waals surface area contributed by atoms with Gasteiger partial charge in [-0.2, -0.15) is 5.10 Å². The Morgan fingerprint density at radius 1 is 1.07 bits per heavy atom. The van der Waals surface area contributed by atoms with Crippen LogP contribution in [-0.2, 0) is 11.8 Å². The van der Waals surface area contributed by atoms with Gasteiger partial charge < -0.3 is 9.88 Å². The Hall–Kier alpha value is -3.22. The van der Waals surface area contributed by atoms with Crippen molar-refractivity contribution in [1.29, 1.82) is 0 Å². The average Bonchev–Trinajstić information content (AvgIpc) is 3.38. The van der Waals surface area contributed by atoms with Crippen molar-refractivity contribution in [3.63, 3.8) is 0 Å². The second-order valence-corrected chi connectivity index (χ2v) is 7.65. The molecule has 0 unspecified atom stereocenters. The standard InChI is InChI=1S/C21H21N5O2/c27-19-15-6-8-21(17(15)23-18(24-19)14-4-2-1-3-5-14)9-12-26(13-10-21)20(28)16-7-11-22-25-16/h1-5,7,11H,6,8-10,12-13H2,(H,22,25)(H,23,24,27). The van der Waals surface area contributed by atoms with E-state index in [9.17, 15) is 9.59 Å². The number of benzene rings is 1. The van der Waals surface area contributed by atoms with Crippen molar-refractivity contribution < 1.29 is 4.79 Å². The molecule has 1 aliphatic carbocycles. The Kier molecular flexibility index (Phi) is 3.89. The molecule has 1 aromatic carbocycles. The van der Waals surface area contributed by atoms with E-state index in [1.807, 2.05) is 35.2 Å². The lowest BCUT2D eigenvalue weighted by molar-refractivity contribution is 0.0657. The summed E-state index contributed by atoms with van der Waals surface area (Å²) in [6.07, 6.45) is 4.91. The van der Waals surface area contributed by atoms with Crippen molar-refractivity contribution >= 4 is 5.91 Å². The zero-order valence-corrected chi connectivity index (χ0v) is 15.4. The van der Waals surface area contributed by atoms with Crippen LogP contribution in [0.15, 0.2) is 47.4 Å². The van der Waals surface area contributed by atoms with Gasteiger partial charge in [0.2, 0.25) is 0 Å². The summed E-state index contributed by atoms with van der Waals surface area (Å²) in [5, 5.41) is 6.61. The van der Waals surface area contributed by atoms with Gasteiger partial charge in [0.15, 0.2) is 0 Å². The van der Waals surface area contributed by atoms with E-state index in [0.717, 1.165) is 42.5 Å². The number of carbonyl (C=O) groups is 1. The Balaban J connectivity index is 1.44. The summed E-state index contributed by atoms with van der Waals surface area (Å²) in [5.74, 6) is 0.607. The molecule has 142 valence electrons. The van der Waals surface area contributed by atoms with Gasteiger partial charge in [0.25, 0.3) is 11.5 Å². The zero-order valence-electron chi connectivity index (χ0n) is 15.4. The number of amides is 1. The molecule has 0 radical (unpaired) electrons. The van der Waals surface area contributed by atoms with Crippen LogP contribution in [0, 0.1) is 0 Å². The van der Waals surface area contributed by atoms with E-state index in [1.54, 1.807) is 12.3 Å². The second kappa shape index (κ2) is 6.44. The van der Waals surface area contributed by atoms with Crippen molar-refractivity contribution in [2.24, 2.45) is 0 Å². The Labute approximate surface area is 161 Å². The third kappa shape index (κ3) is 2.66. The highest BCUT2D eigenvalue weighted by Crippen LogP contribution is 2.44. The topological polar surface area (TPSA) is 94.7 Å². The van der Waals surface area contributed by atoms with Crippen molar-refractivity contribution in [3.05, 3.63) is 69.9 Å². The molecule has 3 heterocycles. The first-order valence-corrected chi connectivity index (χ1v) is 9.64. The van der Waals surface area contributed by atoms with Gasteiger partial charge in [0.1, 0.15) is 11.5 Å². The number of H-pyrrole nitrogens is 2. The monoisotopic (exact) mass is 375 g/mol. The molecule has 1 aliphatic heterocycles. The van der Waals surface area contributed by atoms with Crippen LogP contribution in [0.25, 0.3) is 11.4 Å². The molecule has 3 aromatic rings. The first kappa shape index (κ1) is 16.9. The first-order valence-electron chi connectivity index (χ1n) is 9.64. The Morgan fingerprint density at radius 3 is 2.57 bits per heavy atom. The summed E-state index contributed by atoms with van der Waals surface area (Å²) in [6, 6.07) is 11.4. The van der Waals surface area contributed by atoms with E-state index in [4.69, 9.17) is 4.98 Å². The van der Waals surface area contributed by atoms with Crippen molar-refractivity contribution in [3.8, 4) is 11.4 Å². The van der Waals surface area contributed by atoms with Crippen LogP contribution in [0.5, 0.6) is 0 Å². The molecule has 0 saturated carbocycles. The number of nitrogens with one attached hydrogen (secondary N) is 2. The lowest BCUT2D eigenvalue weighted by atomic mass is 9.76. The number of likely N-dealkylation sites (tertiary alicyclic amines) is 1. The Morgan fingerprint density at radius 2 is 1.86 bits per heavy atom. The van der Waals surface area contributed by atoms with Crippen LogP contribution in [0.3, 0.4) is 0 Å². The summed E-state index contributed by atoms with van der Waals surface area (Å²) >= 11 is 0. The van der Waals surface area contributed by atoms with Gasteiger partial charge in [0, 0.05) is 35.8 Å². The summed E-state index contributed by atoms with van der Waals surface area (Å²) in [7, 11) is 0. The molecule has 28 heavy (non-hydrogen) atoms. The number of nitrogens with zero attached hydrogens (tertiary/aromatic N) is 3. The maximum absolute atomic E-state index is 12.7. The molecule has 7 heteroatoms. The number of hydrogen-bond acceptors (Lipinski definition) is 4. The minimum Gasteiger partial charge on any atom is -0.337 e. The van der Waals surface area contributed by atoms with Crippen LogP contribution in [0.2, 0.25) is 0 Å². The van der Waals surface area contributed by atoms with E-state index in [1.165, 1.54) is 0 Å². The predicted molar refractivity (Wildman–Crippen MR) is 104 cm³/mol. The van der Waals surface area contributed by atoms with Gasteiger partial charge in [-0.25, -0.2) is 4.98 Å². The smallest absolute Gasteiger partial charge is 0.271 e. The van der Waals surface area contributed by atoms with E-state index >= 15 is 0 Å². The van der Waals surface area contributed by atoms with Crippen LogP contribution in [0.1, 0.15) is 41.0 Å². The molecule has 7 nitrogen and oxygen atoms in total. The number of carbonyl (C=O) groups excluding carboxylic acids is 1. The summed E-state index contributed by atoms with van der Waals surface area (Å²) in [4.78, 5) is 35.0. The molecule has 1 spiro atoms. The van der Waals surface area contributed by atoms with Gasteiger partial charge in [-0.05, 0) is 31.7 Å². The average molecular weight is 375 g/mol. The van der Waals surface area contributed by atoms with Crippen LogP contribution in [-0.4, -0.2) is 44.1 Å². The number of rotatable bonds is 2.